The molecule has 1 aliphatic carbocycles. The molecule has 0 aliphatic heterocycles. The third-order valence-corrected chi connectivity index (χ3v) is 2.11. The summed E-state index contributed by atoms with van der Waals surface area (Å²) in [4.78, 5) is 11.4. The summed E-state index contributed by atoms with van der Waals surface area (Å²) in [6, 6.07) is 8.89. The second kappa shape index (κ2) is 2.70. The van der Waals surface area contributed by atoms with Gasteiger partial charge in [-0.05, 0) is 6.42 Å². The van der Waals surface area contributed by atoms with E-state index in [4.69, 9.17) is 0 Å². The van der Waals surface area contributed by atoms with Crippen molar-refractivity contribution in [3.63, 3.8) is 0 Å². The van der Waals surface area contributed by atoms with E-state index in [-0.39, 0.29) is 11.7 Å². The van der Waals surface area contributed by atoms with Crippen molar-refractivity contribution < 1.29 is 9.18 Å². The number of rotatable bonds is 2. The first kappa shape index (κ1) is 7.47. The van der Waals surface area contributed by atoms with Crippen LogP contribution in [0.15, 0.2) is 30.3 Å². The second-order valence-corrected chi connectivity index (χ2v) is 3.09. The van der Waals surface area contributed by atoms with Gasteiger partial charge < -0.3 is 0 Å². The van der Waals surface area contributed by atoms with Gasteiger partial charge in [0.05, 0.1) is 5.92 Å². The summed E-state index contributed by atoms with van der Waals surface area (Å²) >= 11 is 0. The molecule has 0 heterocycles. The maximum atomic E-state index is 12.5. The fraction of sp³-hybridized carbons (Fsp3) is 0.300. The predicted octanol–water partition coefficient (Wildman–Crippen LogP) is 2.23. The monoisotopic (exact) mass is 164 g/mol. The van der Waals surface area contributed by atoms with Crippen LogP contribution in [0.5, 0.6) is 0 Å². The van der Waals surface area contributed by atoms with Crippen LogP contribution in [-0.2, 0) is 0 Å². The van der Waals surface area contributed by atoms with Crippen LogP contribution in [0.3, 0.4) is 0 Å². The highest BCUT2D eigenvalue weighted by Crippen LogP contribution is 2.36. The zero-order valence-corrected chi connectivity index (χ0v) is 6.53. The maximum absolute atomic E-state index is 12.5. The largest absolute Gasteiger partial charge is 0.294 e. The van der Waals surface area contributed by atoms with Gasteiger partial charge in [0.25, 0.3) is 0 Å². The van der Waals surface area contributed by atoms with Gasteiger partial charge >= 0.3 is 0 Å². The molecule has 1 nitrogen and oxygen atoms in total. The Hall–Kier alpha value is -1.18. The minimum absolute atomic E-state index is 0.0527. The van der Waals surface area contributed by atoms with E-state index in [2.05, 4.69) is 0 Å². The van der Waals surface area contributed by atoms with Crippen LogP contribution in [0.1, 0.15) is 16.8 Å². The number of carbonyl (C=O) groups is 1. The second-order valence-electron chi connectivity index (χ2n) is 3.09. The first-order valence-electron chi connectivity index (χ1n) is 4.02. The molecule has 1 fully saturated rings. The van der Waals surface area contributed by atoms with Crippen molar-refractivity contribution in [3.8, 4) is 0 Å². The van der Waals surface area contributed by atoms with Gasteiger partial charge in [-0.1, -0.05) is 30.3 Å². The third-order valence-electron chi connectivity index (χ3n) is 2.11. The predicted molar refractivity (Wildman–Crippen MR) is 43.8 cm³/mol. The number of halogens is 1. The van der Waals surface area contributed by atoms with Crippen molar-refractivity contribution in [3.05, 3.63) is 35.9 Å². The normalized spacial score (nSPS) is 26.8. The molecular weight excluding hydrogens is 155 g/mol. The van der Waals surface area contributed by atoms with Crippen molar-refractivity contribution in [1.29, 1.82) is 0 Å². The third kappa shape index (κ3) is 1.24. The average Bonchev–Trinajstić information content (AvgIpc) is 2.83. The fourth-order valence-electron chi connectivity index (χ4n) is 1.25. The molecule has 2 rings (SSSR count). The lowest BCUT2D eigenvalue weighted by Crippen LogP contribution is -2.02. The standard InChI is InChI=1S/C10H9FO/c11-9-6-8(9)10(12)7-4-2-1-3-5-7/h1-5,8-9H,6H2. The molecule has 1 aromatic rings. The maximum Gasteiger partial charge on any atom is 0.168 e. The highest BCUT2D eigenvalue weighted by atomic mass is 19.1. The molecule has 1 aromatic carbocycles. The van der Waals surface area contributed by atoms with Gasteiger partial charge in [0.15, 0.2) is 5.78 Å². The lowest BCUT2D eigenvalue weighted by Gasteiger charge is -1.95. The van der Waals surface area contributed by atoms with Gasteiger partial charge in [-0.3, -0.25) is 4.79 Å². The average molecular weight is 164 g/mol. The molecule has 0 bridgehead atoms. The van der Waals surface area contributed by atoms with Gasteiger partial charge in [0, 0.05) is 5.56 Å². The van der Waals surface area contributed by atoms with E-state index >= 15 is 0 Å². The molecule has 1 saturated carbocycles. The Morgan fingerprint density at radius 3 is 2.42 bits per heavy atom. The van der Waals surface area contributed by atoms with Gasteiger partial charge in [-0.2, -0.15) is 0 Å². The molecule has 0 amide bonds. The van der Waals surface area contributed by atoms with E-state index in [0.29, 0.717) is 12.0 Å². The molecule has 1 aliphatic rings. The molecular formula is C10H9FO. The Morgan fingerprint density at radius 2 is 1.92 bits per heavy atom. The lowest BCUT2D eigenvalue weighted by molar-refractivity contribution is 0.0957. The van der Waals surface area contributed by atoms with Gasteiger partial charge in [0.2, 0.25) is 0 Å². The van der Waals surface area contributed by atoms with Crippen LogP contribution in [0.4, 0.5) is 4.39 Å². The number of hydrogen-bond acceptors (Lipinski definition) is 1. The van der Waals surface area contributed by atoms with Crippen LogP contribution in [0.2, 0.25) is 0 Å². The smallest absolute Gasteiger partial charge is 0.168 e. The summed E-state index contributed by atoms with van der Waals surface area (Å²) in [5.74, 6) is -0.407. The number of Topliss-reactive ketones (excluding diaryl/α,β-unsaturated/α-hetero) is 1. The number of alkyl halides is 1. The van der Waals surface area contributed by atoms with Gasteiger partial charge in [-0.25, -0.2) is 4.39 Å². The van der Waals surface area contributed by atoms with Crippen molar-refractivity contribution >= 4 is 5.78 Å². The fourth-order valence-corrected chi connectivity index (χ4v) is 1.25. The van der Waals surface area contributed by atoms with Gasteiger partial charge in [-0.15, -0.1) is 0 Å². The summed E-state index contributed by atoms with van der Waals surface area (Å²) < 4.78 is 12.5. The highest BCUT2D eigenvalue weighted by Gasteiger charge is 2.43. The molecule has 0 radical (unpaired) electrons. The molecule has 62 valence electrons. The Kier molecular flexibility index (Phi) is 1.68. The topological polar surface area (TPSA) is 17.1 Å². The summed E-state index contributed by atoms with van der Waals surface area (Å²) in [7, 11) is 0. The van der Waals surface area contributed by atoms with Crippen molar-refractivity contribution in [2.24, 2.45) is 5.92 Å². The van der Waals surface area contributed by atoms with Crippen LogP contribution in [0.25, 0.3) is 0 Å². The van der Waals surface area contributed by atoms with E-state index in [1.807, 2.05) is 6.07 Å². The van der Waals surface area contributed by atoms with E-state index < -0.39 is 6.17 Å². The summed E-state index contributed by atoms with van der Waals surface area (Å²) in [6.07, 6.45) is -0.481. The summed E-state index contributed by atoms with van der Waals surface area (Å²) in [6.45, 7) is 0. The first-order valence-corrected chi connectivity index (χ1v) is 4.02. The van der Waals surface area contributed by atoms with E-state index in [1.165, 1.54) is 0 Å². The number of benzene rings is 1. The Labute approximate surface area is 70.2 Å². The van der Waals surface area contributed by atoms with E-state index in [1.54, 1.807) is 24.3 Å². The highest BCUT2D eigenvalue weighted by molar-refractivity contribution is 5.99. The number of hydrogen-bond donors (Lipinski definition) is 0. The molecule has 2 unspecified atom stereocenters. The first-order chi connectivity index (χ1) is 5.79. The molecule has 0 saturated heterocycles. The Balaban J connectivity index is 2.16. The zero-order chi connectivity index (χ0) is 8.55. The minimum atomic E-state index is -0.891. The van der Waals surface area contributed by atoms with Crippen LogP contribution < -0.4 is 0 Å². The SMILES string of the molecule is O=C(c1ccccc1)C1CC1F. The van der Waals surface area contributed by atoms with E-state index in [9.17, 15) is 9.18 Å². The van der Waals surface area contributed by atoms with Crippen molar-refractivity contribution in [2.45, 2.75) is 12.6 Å². The molecule has 2 heteroatoms. The van der Waals surface area contributed by atoms with Crippen molar-refractivity contribution in [2.75, 3.05) is 0 Å². The van der Waals surface area contributed by atoms with Crippen molar-refractivity contribution in [1.82, 2.24) is 0 Å². The van der Waals surface area contributed by atoms with Crippen LogP contribution in [0, 0.1) is 5.92 Å². The number of carbonyl (C=O) groups excluding carboxylic acids is 1. The lowest BCUT2D eigenvalue weighted by atomic mass is 10.1. The molecule has 12 heavy (non-hydrogen) atoms. The van der Waals surface area contributed by atoms with Gasteiger partial charge in [0.1, 0.15) is 6.17 Å². The summed E-state index contributed by atoms with van der Waals surface area (Å²) in [5.41, 5.74) is 0.627. The number of ketones is 1. The zero-order valence-electron chi connectivity index (χ0n) is 6.53. The Morgan fingerprint density at radius 1 is 1.33 bits per heavy atom. The Bertz CT molecular complexity index is 294. The molecule has 2 atom stereocenters. The van der Waals surface area contributed by atoms with Crippen LogP contribution >= 0.6 is 0 Å². The summed E-state index contributed by atoms with van der Waals surface area (Å²) in [5, 5.41) is 0. The molecule has 0 aromatic heterocycles. The van der Waals surface area contributed by atoms with E-state index in [0.717, 1.165) is 0 Å². The van der Waals surface area contributed by atoms with Crippen LogP contribution in [-0.4, -0.2) is 12.0 Å². The molecule has 0 spiro atoms. The molecule has 0 N–H and O–H groups in total. The quantitative estimate of drug-likeness (QED) is 0.612. The minimum Gasteiger partial charge on any atom is -0.294 e.